The quantitative estimate of drug-likeness (QED) is 0.626. The molecule has 0 fully saturated rings. The van der Waals surface area contributed by atoms with Crippen LogP contribution in [-0.4, -0.2) is 0 Å². The monoisotopic (exact) mass is 188 g/mol. The third kappa shape index (κ3) is 1.02. The zero-order valence-corrected chi connectivity index (χ0v) is 7.80. The molecule has 13 heavy (non-hydrogen) atoms. The van der Waals surface area contributed by atoms with Gasteiger partial charge in [0.15, 0.2) is 0 Å². The van der Waals surface area contributed by atoms with E-state index in [1.165, 1.54) is 10.9 Å². The van der Waals surface area contributed by atoms with Gasteiger partial charge in [0.25, 0.3) is 0 Å². The number of thioether (sulfide) groups is 1. The lowest BCUT2D eigenvalue weighted by atomic mass is 10.1. The SMILES string of the molecule is C1=Cc2oc3ccccc3c2CS1. The standard InChI is InChI=1S/C11H8OS/c1-2-4-10-8(3-1)9-7-13-6-5-11(9)12-10/h1-6H,7H2. The van der Waals surface area contributed by atoms with E-state index in [1.807, 2.05) is 30.0 Å². The minimum Gasteiger partial charge on any atom is -0.456 e. The summed E-state index contributed by atoms with van der Waals surface area (Å²) in [6.07, 6.45) is 2.05. The second-order valence-corrected chi connectivity index (χ2v) is 3.95. The van der Waals surface area contributed by atoms with Gasteiger partial charge in [-0.2, -0.15) is 0 Å². The van der Waals surface area contributed by atoms with E-state index in [2.05, 4.69) is 17.5 Å². The Morgan fingerprint density at radius 1 is 1.23 bits per heavy atom. The topological polar surface area (TPSA) is 13.1 Å². The highest BCUT2D eigenvalue weighted by atomic mass is 32.2. The molecule has 0 saturated carbocycles. The first-order valence-corrected chi connectivity index (χ1v) is 5.28. The van der Waals surface area contributed by atoms with Gasteiger partial charge in [0.2, 0.25) is 0 Å². The van der Waals surface area contributed by atoms with Crippen LogP contribution in [0.2, 0.25) is 0 Å². The Labute approximate surface area is 80.4 Å². The van der Waals surface area contributed by atoms with Crippen molar-refractivity contribution < 1.29 is 4.42 Å². The summed E-state index contributed by atoms with van der Waals surface area (Å²) in [6, 6.07) is 8.21. The van der Waals surface area contributed by atoms with Crippen LogP contribution in [-0.2, 0) is 5.75 Å². The van der Waals surface area contributed by atoms with Gasteiger partial charge < -0.3 is 4.42 Å². The van der Waals surface area contributed by atoms with Gasteiger partial charge in [0.05, 0.1) is 0 Å². The van der Waals surface area contributed by atoms with Crippen LogP contribution in [0, 0.1) is 0 Å². The van der Waals surface area contributed by atoms with Crippen molar-refractivity contribution in [1.29, 1.82) is 0 Å². The Balaban J connectivity index is 2.41. The molecule has 0 saturated heterocycles. The Bertz CT molecular complexity index is 482. The molecule has 0 N–H and O–H groups in total. The molecule has 0 aliphatic carbocycles. The van der Waals surface area contributed by atoms with Crippen LogP contribution >= 0.6 is 11.8 Å². The number of para-hydroxylation sites is 1. The molecule has 0 unspecified atom stereocenters. The highest BCUT2D eigenvalue weighted by Gasteiger charge is 2.13. The van der Waals surface area contributed by atoms with Gasteiger partial charge in [0.1, 0.15) is 11.3 Å². The van der Waals surface area contributed by atoms with Gasteiger partial charge in [-0.3, -0.25) is 0 Å². The zero-order valence-electron chi connectivity index (χ0n) is 6.99. The first-order valence-electron chi connectivity index (χ1n) is 4.24. The molecular weight excluding hydrogens is 180 g/mol. The van der Waals surface area contributed by atoms with Gasteiger partial charge >= 0.3 is 0 Å². The molecule has 64 valence electrons. The predicted molar refractivity (Wildman–Crippen MR) is 56.5 cm³/mol. The van der Waals surface area contributed by atoms with Crippen molar-refractivity contribution in [2.24, 2.45) is 0 Å². The molecule has 1 aromatic heterocycles. The first kappa shape index (κ1) is 7.27. The second kappa shape index (κ2) is 2.67. The van der Waals surface area contributed by atoms with Gasteiger partial charge in [-0.05, 0) is 17.6 Å². The van der Waals surface area contributed by atoms with Crippen molar-refractivity contribution in [1.82, 2.24) is 0 Å². The van der Waals surface area contributed by atoms with E-state index in [0.717, 1.165) is 17.1 Å². The zero-order chi connectivity index (χ0) is 8.67. The largest absolute Gasteiger partial charge is 0.456 e. The fourth-order valence-corrected chi connectivity index (χ4v) is 2.42. The fraction of sp³-hybridized carbons (Fsp3) is 0.0909. The van der Waals surface area contributed by atoms with Crippen molar-refractivity contribution in [3.05, 3.63) is 41.0 Å². The van der Waals surface area contributed by atoms with Gasteiger partial charge in [0, 0.05) is 16.7 Å². The van der Waals surface area contributed by atoms with Crippen LogP contribution in [0.4, 0.5) is 0 Å². The molecule has 1 aromatic carbocycles. The normalized spacial score (nSPS) is 14.8. The van der Waals surface area contributed by atoms with Gasteiger partial charge in [-0.1, -0.05) is 18.2 Å². The van der Waals surface area contributed by atoms with Gasteiger partial charge in [-0.15, -0.1) is 11.8 Å². The summed E-state index contributed by atoms with van der Waals surface area (Å²) in [5, 5.41) is 3.35. The molecule has 2 heterocycles. The van der Waals surface area contributed by atoms with Crippen LogP contribution in [0.25, 0.3) is 17.0 Å². The predicted octanol–water partition coefficient (Wildman–Crippen LogP) is 3.65. The minimum atomic E-state index is 1.000. The van der Waals surface area contributed by atoms with Crippen LogP contribution in [0.15, 0.2) is 34.1 Å². The van der Waals surface area contributed by atoms with E-state index in [0.29, 0.717) is 0 Å². The highest BCUT2D eigenvalue weighted by Crippen LogP contribution is 2.33. The lowest BCUT2D eigenvalue weighted by Gasteiger charge is -2.01. The van der Waals surface area contributed by atoms with Gasteiger partial charge in [-0.25, -0.2) is 0 Å². The summed E-state index contributed by atoms with van der Waals surface area (Å²) in [5.41, 5.74) is 2.34. The number of furan rings is 1. The Kier molecular flexibility index (Phi) is 1.49. The van der Waals surface area contributed by atoms with Crippen LogP contribution in [0.3, 0.4) is 0 Å². The number of fused-ring (bicyclic) bond motifs is 3. The highest BCUT2D eigenvalue weighted by molar-refractivity contribution is 8.01. The molecule has 0 radical (unpaired) electrons. The van der Waals surface area contributed by atoms with E-state index in [9.17, 15) is 0 Å². The molecule has 0 amide bonds. The smallest absolute Gasteiger partial charge is 0.135 e. The summed E-state index contributed by atoms with van der Waals surface area (Å²) in [4.78, 5) is 0. The number of hydrogen-bond donors (Lipinski definition) is 0. The van der Waals surface area contributed by atoms with Crippen molar-refractivity contribution >= 4 is 28.8 Å². The Morgan fingerprint density at radius 3 is 3.15 bits per heavy atom. The van der Waals surface area contributed by atoms with Crippen LogP contribution < -0.4 is 0 Å². The molecule has 0 spiro atoms. The van der Waals surface area contributed by atoms with Crippen molar-refractivity contribution in [3.63, 3.8) is 0 Å². The summed E-state index contributed by atoms with van der Waals surface area (Å²) in [5.74, 6) is 2.06. The van der Waals surface area contributed by atoms with E-state index < -0.39 is 0 Å². The van der Waals surface area contributed by atoms with E-state index in [4.69, 9.17) is 4.42 Å². The summed E-state index contributed by atoms with van der Waals surface area (Å²) in [6.45, 7) is 0. The van der Waals surface area contributed by atoms with Crippen LogP contribution in [0.5, 0.6) is 0 Å². The maximum atomic E-state index is 5.69. The molecule has 1 aliphatic heterocycles. The van der Waals surface area contributed by atoms with Crippen LogP contribution in [0.1, 0.15) is 11.3 Å². The summed E-state index contributed by atoms with van der Waals surface area (Å²) in [7, 11) is 0. The molecule has 1 aliphatic rings. The maximum Gasteiger partial charge on any atom is 0.135 e. The average molecular weight is 188 g/mol. The first-order chi connectivity index (χ1) is 6.45. The lowest BCUT2D eigenvalue weighted by Crippen LogP contribution is -1.83. The van der Waals surface area contributed by atoms with E-state index >= 15 is 0 Å². The Morgan fingerprint density at radius 2 is 2.15 bits per heavy atom. The molecule has 2 aromatic rings. The summed E-state index contributed by atoms with van der Waals surface area (Å²) >= 11 is 1.82. The molecule has 3 rings (SSSR count). The second-order valence-electron chi connectivity index (χ2n) is 3.05. The van der Waals surface area contributed by atoms with Crippen molar-refractivity contribution in [2.45, 2.75) is 5.75 Å². The Hall–Kier alpha value is -1.15. The third-order valence-corrected chi connectivity index (χ3v) is 3.06. The number of rotatable bonds is 0. The average Bonchev–Trinajstić information content (AvgIpc) is 2.56. The van der Waals surface area contributed by atoms with Crippen molar-refractivity contribution in [2.75, 3.05) is 0 Å². The van der Waals surface area contributed by atoms with Crippen molar-refractivity contribution in [3.8, 4) is 0 Å². The number of benzene rings is 1. The molecule has 0 bridgehead atoms. The molecular formula is C11H8OS. The maximum absolute atomic E-state index is 5.69. The minimum absolute atomic E-state index is 1.000. The molecule has 2 heteroatoms. The van der Waals surface area contributed by atoms with E-state index in [1.54, 1.807) is 0 Å². The third-order valence-electron chi connectivity index (χ3n) is 2.27. The molecule has 0 atom stereocenters. The molecule has 1 nitrogen and oxygen atoms in total. The fourth-order valence-electron chi connectivity index (χ4n) is 1.64. The number of hydrogen-bond acceptors (Lipinski definition) is 2. The summed E-state index contributed by atoms with van der Waals surface area (Å²) < 4.78 is 5.69. The lowest BCUT2D eigenvalue weighted by molar-refractivity contribution is 0.600. The van der Waals surface area contributed by atoms with E-state index in [-0.39, 0.29) is 0 Å².